The van der Waals surface area contributed by atoms with Crippen molar-refractivity contribution in [2.45, 2.75) is 26.7 Å². The highest BCUT2D eigenvalue weighted by Crippen LogP contribution is 2.32. The predicted molar refractivity (Wildman–Crippen MR) is 84.0 cm³/mol. The third kappa shape index (κ3) is 3.83. The van der Waals surface area contributed by atoms with E-state index in [1.165, 1.54) is 18.4 Å². The lowest BCUT2D eigenvalue weighted by atomic mass is 9.97. The number of amides is 1. The highest BCUT2D eigenvalue weighted by Gasteiger charge is 2.26. The van der Waals surface area contributed by atoms with E-state index in [2.05, 4.69) is 5.32 Å². The summed E-state index contributed by atoms with van der Waals surface area (Å²) in [6, 6.07) is 1.90. The number of methoxy groups -OCH3 is 1. The maximum Gasteiger partial charge on any atom is 0.350 e. The molecule has 0 radical (unpaired) electrons. The summed E-state index contributed by atoms with van der Waals surface area (Å²) >= 11 is 1.37. The topological polar surface area (TPSA) is 58.6 Å². The van der Waals surface area contributed by atoms with Crippen molar-refractivity contribution in [3.8, 4) is 0 Å². The molecule has 116 valence electrons. The number of hydrogen-bond acceptors (Lipinski definition) is 5. The molecule has 1 N–H and O–H groups in total. The van der Waals surface area contributed by atoms with Crippen molar-refractivity contribution < 1.29 is 14.3 Å². The Hall–Kier alpha value is -1.40. The van der Waals surface area contributed by atoms with Gasteiger partial charge in [-0.15, -0.1) is 11.3 Å². The Morgan fingerprint density at radius 1 is 1.43 bits per heavy atom. The van der Waals surface area contributed by atoms with Gasteiger partial charge in [0.2, 0.25) is 5.91 Å². The van der Waals surface area contributed by atoms with Gasteiger partial charge in [0.25, 0.3) is 0 Å². The molecule has 21 heavy (non-hydrogen) atoms. The first-order valence-electron chi connectivity index (χ1n) is 7.20. The molecule has 1 aromatic rings. The summed E-state index contributed by atoms with van der Waals surface area (Å²) in [7, 11) is 1.37. The first-order chi connectivity index (χ1) is 10.0. The van der Waals surface area contributed by atoms with Gasteiger partial charge in [0.1, 0.15) is 4.88 Å². The second-order valence-corrected chi connectivity index (χ2v) is 6.64. The van der Waals surface area contributed by atoms with Gasteiger partial charge in [-0.05, 0) is 44.8 Å². The number of aryl methyl sites for hydroxylation is 1. The summed E-state index contributed by atoms with van der Waals surface area (Å²) in [5.74, 6) is 0.0667. The maximum absolute atomic E-state index is 12.1. The van der Waals surface area contributed by atoms with E-state index in [1.54, 1.807) is 11.8 Å². The largest absolute Gasteiger partial charge is 0.465 e. The zero-order valence-electron chi connectivity index (χ0n) is 12.8. The summed E-state index contributed by atoms with van der Waals surface area (Å²) in [5.41, 5.74) is 0.690. The molecule has 2 heterocycles. The molecule has 2 rings (SSSR count). The van der Waals surface area contributed by atoms with Crippen molar-refractivity contribution >= 4 is 28.9 Å². The van der Waals surface area contributed by atoms with Crippen LogP contribution in [0.5, 0.6) is 0 Å². The maximum atomic E-state index is 12.1. The SMILES string of the molecule is COC(=O)c1sc(C)cc1N(CC1CCNCC1)C(C)=O. The van der Waals surface area contributed by atoms with Crippen molar-refractivity contribution in [1.29, 1.82) is 0 Å². The second-order valence-electron chi connectivity index (χ2n) is 5.39. The van der Waals surface area contributed by atoms with Gasteiger partial charge in [-0.25, -0.2) is 4.79 Å². The Morgan fingerprint density at radius 2 is 2.10 bits per heavy atom. The minimum Gasteiger partial charge on any atom is -0.465 e. The molecule has 1 aromatic heterocycles. The molecule has 1 saturated heterocycles. The molecule has 0 spiro atoms. The molecular weight excluding hydrogens is 288 g/mol. The highest BCUT2D eigenvalue weighted by atomic mass is 32.1. The minimum absolute atomic E-state index is 0.0310. The van der Waals surface area contributed by atoms with Gasteiger partial charge >= 0.3 is 5.97 Å². The number of carbonyl (C=O) groups excluding carboxylic acids is 2. The fourth-order valence-electron chi connectivity index (χ4n) is 2.66. The third-order valence-electron chi connectivity index (χ3n) is 3.78. The molecule has 0 bridgehead atoms. The first-order valence-corrected chi connectivity index (χ1v) is 8.02. The number of nitrogens with zero attached hydrogens (tertiary/aromatic N) is 1. The number of piperidine rings is 1. The summed E-state index contributed by atoms with van der Waals surface area (Å²) in [6.45, 7) is 6.13. The average molecular weight is 310 g/mol. The molecule has 6 heteroatoms. The van der Waals surface area contributed by atoms with Gasteiger partial charge in [-0.3, -0.25) is 4.79 Å². The number of ether oxygens (including phenoxy) is 1. The van der Waals surface area contributed by atoms with Crippen molar-refractivity contribution in [2.75, 3.05) is 31.6 Å². The number of anilines is 1. The van der Waals surface area contributed by atoms with Gasteiger partial charge in [-0.1, -0.05) is 0 Å². The Morgan fingerprint density at radius 3 is 2.67 bits per heavy atom. The van der Waals surface area contributed by atoms with Gasteiger partial charge in [0, 0.05) is 18.3 Å². The number of carbonyl (C=O) groups is 2. The lowest BCUT2D eigenvalue weighted by Gasteiger charge is -2.29. The van der Waals surface area contributed by atoms with E-state index in [0.29, 0.717) is 23.0 Å². The Labute approximate surface area is 129 Å². The lowest BCUT2D eigenvalue weighted by molar-refractivity contribution is -0.116. The molecule has 1 aliphatic rings. The zero-order chi connectivity index (χ0) is 15.4. The van der Waals surface area contributed by atoms with E-state index in [4.69, 9.17) is 4.74 Å². The van der Waals surface area contributed by atoms with E-state index in [0.717, 1.165) is 30.8 Å². The third-order valence-corrected chi connectivity index (χ3v) is 4.80. The second kappa shape index (κ2) is 7.04. The van der Waals surface area contributed by atoms with Gasteiger partial charge in [-0.2, -0.15) is 0 Å². The van der Waals surface area contributed by atoms with Crippen molar-refractivity contribution in [3.63, 3.8) is 0 Å². The van der Waals surface area contributed by atoms with Crippen LogP contribution < -0.4 is 10.2 Å². The van der Waals surface area contributed by atoms with E-state index >= 15 is 0 Å². The smallest absolute Gasteiger partial charge is 0.350 e. The van der Waals surface area contributed by atoms with Crippen LogP contribution in [0.4, 0.5) is 5.69 Å². The van der Waals surface area contributed by atoms with Gasteiger partial charge in [0.15, 0.2) is 0 Å². The number of nitrogens with one attached hydrogen (secondary N) is 1. The van der Waals surface area contributed by atoms with E-state index in [-0.39, 0.29) is 11.9 Å². The number of esters is 1. The van der Waals surface area contributed by atoms with Crippen molar-refractivity contribution in [3.05, 3.63) is 15.8 Å². The van der Waals surface area contributed by atoms with Crippen LogP contribution >= 0.6 is 11.3 Å². The van der Waals surface area contributed by atoms with E-state index < -0.39 is 0 Å². The van der Waals surface area contributed by atoms with Crippen LogP contribution in [0.1, 0.15) is 34.3 Å². The normalized spacial score (nSPS) is 15.8. The van der Waals surface area contributed by atoms with Crippen LogP contribution in [-0.4, -0.2) is 38.6 Å². The quantitative estimate of drug-likeness (QED) is 0.866. The van der Waals surface area contributed by atoms with Gasteiger partial charge in [0.05, 0.1) is 12.8 Å². The van der Waals surface area contributed by atoms with Crippen LogP contribution in [0.15, 0.2) is 6.07 Å². The molecule has 1 fully saturated rings. The fraction of sp³-hybridized carbons (Fsp3) is 0.600. The highest BCUT2D eigenvalue weighted by molar-refractivity contribution is 7.14. The molecule has 1 aliphatic heterocycles. The Bertz CT molecular complexity index is 521. The number of thiophene rings is 1. The molecule has 0 atom stereocenters. The average Bonchev–Trinajstić information content (AvgIpc) is 2.86. The number of rotatable bonds is 4. The van der Waals surface area contributed by atoms with Crippen LogP contribution in [0.2, 0.25) is 0 Å². The molecule has 0 saturated carbocycles. The molecule has 0 unspecified atom stereocenters. The first kappa shape index (κ1) is 16.0. The Kier molecular flexibility index (Phi) is 5.36. The van der Waals surface area contributed by atoms with Crippen LogP contribution in [0.25, 0.3) is 0 Å². The molecule has 5 nitrogen and oxygen atoms in total. The Balaban J connectivity index is 2.25. The summed E-state index contributed by atoms with van der Waals surface area (Å²) in [4.78, 5) is 27.2. The van der Waals surface area contributed by atoms with Crippen LogP contribution in [0, 0.1) is 12.8 Å². The van der Waals surface area contributed by atoms with Crippen molar-refractivity contribution in [2.24, 2.45) is 5.92 Å². The summed E-state index contributed by atoms with van der Waals surface area (Å²) in [6.07, 6.45) is 2.11. The lowest BCUT2D eigenvalue weighted by Crippen LogP contribution is -2.38. The fourth-order valence-corrected chi connectivity index (χ4v) is 3.59. The van der Waals surface area contributed by atoms with E-state index in [9.17, 15) is 9.59 Å². The monoisotopic (exact) mass is 310 g/mol. The van der Waals surface area contributed by atoms with Gasteiger partial charge < -0.3 is 15.0 Å². The van der Waals surface area contributed by atoms with E-state index in [1.807, 2.05) is 13.0 Å². The predicted octanol–water partition coefficient (Wildman–Crippen LogP) is 2.20. The molecule has 0 aromatic carbocycles. The molecule has 0 aliphatic carbocycles. The van der Waals surface area contributed by atoms with Crippen LogP contribution in [-0.2, 0) is 9.53 Å². The minimum atomic E-state index is -0.375. The van der Waals surface area contributed by atoms with Crippen LogP contribution in [0.3, 0.4) is 0 Å². The number of hydrogen-bond donors (Lipinski definition) is 1. The standard InChI is InChI=1S/C15H22N2O3S/c1-10-8-13(14(21-10)15(19)20-3)17(11(2)18)9-12-4-6-16-7-5-12/h8,12,16H,4-7,9H2,1-3H3. The van der Waals surface area contributed by atoms with Crippen molar-refractivity contribution in [1.82, 2.24) is 5.32 Å². The molecule has 1 amide bonds. The summed E-state index contributed by atoms with van der Waals surface area (Å²) < 4.78 is 4.83. The summed E-state index contributed by atoms with van der Waals surface area (Å²) in [5, 5.41) is 3.32. The molecular formula is C15H22N2O3S. The zero-order valence-corrected chi connectivity index (χ0v) is 13.6.